The lowest BCUT2D eigenvalue weighted by Gasteiger charge is -2.18. The van der Waals surface area contributed by atoms with E-state index in [-0.39, 0.29) is 5.56 Å². The van der Waals surface area contributed by atoms with E-state index in [1.165, 1.54) is 12.1 Å². The molecule has 0 bridgehead atoms. The van der Waals surface area contributed by atoms with Gasteiger partial charge in [0.05, 0.1) is 5.56 Å². The van der Waals surface area contributed by atoms with Crippen molar-refractivity contribution in [2.45, 2.75) is 12.8 Å². The number of halogens is 2. The van der Waals surface area contributed by atoms with E-state index in [0.29, 0.717) is 5.56 Å². The smallest absolute Gasteiger partial charge is 0.196 e. The van der Waals surface area contributed by atoms with Crippen LogP contribution in [0.4, 0.5) is 14.5 Å². The summed E-state index contributed by atoms with van der Waals surface area (Å²) in [6.45, 7) is 0.915. The summed E-state index contributed by atoms with van der Waals surface area (Å²) < 4.78 is 26.9. The summed E-state index contributed by atoms with van der Waals surface area (Å²) in [5.41, 5.74) is 2.21. The second-order valence-electron chi connectivity index (χ2n) is 4.83. The number of carbonyl (C=O) groups is 1. The number of anilines is 1. The van der Waals surface area contributed by atoms with Gasteiger partial charge in [-0.05, 0) is 48.7 Å². The van der Waals surface area contributed by atoms with Crippen molar-refractivity contribution < 1.29 is 13.6 Å². The molecule has 2 aromatic carbocycles. The van der Waals surface area contributed by atoms with Crippen LogP contribution in [0.3, 0.4) is 0 Å². The molecule has 3 rings (SSSR count). The van der Waals surface area contributed by atoms with Gasteiger partial charge in [0.15, 0.2) is 17.4 Å². The Labute approximate surface area is 115 Å². The van der Waals surface area contributed by atoms with Crippen LogP contribution in [0.25, 0.3) is 0 Å². The van der Waals surface area contributed by atoms with Crippen LogP contribution in [-0.2, 0) is 6.42 Å². The SMILES string of the molecule is O=C(c1ccc2c(c1)CCCN2)c1cccc(F)c1F. The summed E-state index contributed by atoms with van der Waals surface area (Å²) in [6, 6.07) is 8.86. The molecule has 2 nitrogen and oxygen atoms in total. The molecule has 0 saturated carbocycles. The molecule has 0 radical (unpaired) electrons. The maximum atomic E-state index is 13.7. The van der Waals surface area contributed by atoms with Gasteiger partial charge in [0.2, 0.25) is 0 Å². The molecule has 1 heterocycles. The van der Waals surface area contributed by atoms with Gasteiger partial charge in [0.25, 0.3) is 0 Å². The Balaban J connectivity index is 2.00. The van der Waals surface area contributed by atoms with E-state index >= 15 is 0 Å². The normalized spacial score (nSPS) is 13.5. The van der Waals surface area contributed by atoms with Crippen molar-refractivity contribution in [2.75, 3.05) is 11.9 Å². The number of hydrogen-bond acceptors (Lipinski definition) is 2. The van der Waals surface area contributed by atoms with Crippen LogP contribution < -0.4 is 5.32 Å². The predicted octanol–water partition coefficient (Wildman–Crippen LogP) is 3.55. The zero-order valence-electron chi connectivity index (χ0n) is 10.7. The second-order valence-corrected chi connectivity index (χ2v) is 4.83. The van der Waals surface area contributed by atoms with Gasteiger partial charge >= 0.3 is 0 Å². The van der Waals surface area contributed by atoms with E-state index in [1.807, 2.05) is 6.07 Å². The minimum atomic E-state index is -1.09. The number of hydrogen-bond donors (Lipinski definition) is 1. The average Bonchev–Trinajstić information content (AvgIpc) is 2.49. The van der Waals surface area contributed by atoms with E-state index in [2.05, 4.69) is 5.32 Å². The van der Waals surface area contributed by atoms with Gasteiger partial charge in [-0.2, -0.15) is 0 Å². The van der Waals surface area contributed by atoms with E-state index < -0.39 is 17.4 Å². The summed E-state index contributed by atoms with van der Waals surface area (Å²) in [7, 11) is 0. The van der Waals surface area contributed by atoms with Gasteiger partial charge in [-0.25, -0.2) is 8.78 Å². The highest BCUT2D eigenvalue weighted by Gasteiger charge is 2.18. The molecule has 102 valence electrons. The number of benzene rings is 2. The minimum Gasteiger partial charge on any atom is -0.385 e. The van der Waals surface area contributed by atoms with Crippen LogP contribution in [0.5, 0.6) is 0 Å². The van der Waals surface area contributed by atoms with Gasteiger partial charge in [-0.15, -0.1) is 0 Å². The molecule has 0 fully saturated rings. The lowest BCUT2D eigenvalue weighted by atomic mass is 9.96. The first-order valence-electron chi connectivity index (χ1n) is 6.52. The maximum absolute atomic E-state index is 13.7. The van der Waals surface area contributed by atoms with Crippen molar-refractivity contribution in [3.8, 4) is 0 Å². The Morgan fingerprint density at radius 1 is 1.15 bits per heavy atom. The van der Waals surface area contributed by atoms with Crippen molar-refractivity contribution in [1.82, 2.24) is 0 Å². The summed E-state index contributed by atoms with van der Waals surface area (Å²) >= 11 is 0. The molecule has 0 aliphatic carbocycles. The van der Waals surface area contributed by atoms with E-state index in [9.17, 15) is 13.6 Å². The zero-order chi connectivity index (χ0) is 14.1. The quantitative estimate of drug-likeness (QED) is 0.848. The monoisotopic (exact) mass is 273 g/mol. The fourth-order valence-corrected chi connectivity index (χ4v) is 2.45. The lowest BCUT2D eigenvalue weighted by Crippen LogP contribution is -2.13. The Hall–Kier alpha value is -2.23. The van der Waals surface area contributed by atoms with Crippen LogP contribution in [-0.4, -0.2) is 12.3 Å². The lowest BCUT2D eigenvalue weighted by molar-refractivity contribution is 0.103. The van der Waals surface area contributed by atoms with Crippen LogP contribution in [0, 0.1) is 11.6 Å². The highest BCUT2D eigenvalue weighted by molar-refractivity contribution is 6.09. The third-order valence-corrected chi connectivity index (χ3v) is 3.50. The van der Waals surface area contributed by atoms with Crippen molar-refractivity contribution in [2.24, 2.45) is 0 Å². The third kappa shape index (κ3) is 2.18. The van der Waals surface area contributed by atoms with Gasteiger partial charge in [0, 0.05) is 17.8 Å². The van der Waals surface area contributed by atoms with Crippen LogP contribution in [0.2, 0.25) is 0 Å². The standard InChI is InChI=1S/C16H13F2NO/c17-13-5-1-4-12(15(13)18)16(20)11-6-7-14-10(9-11)3-2-8-19-14/h1,4-7,9,19H,2-3,8H2. The first-order valence-corrected chi connectivity index (χ1v) is 6.52. The van der Waals surface area contributed by atoms with Gasteiger partial charge in [-0.3, -0.25) is 4.79 Å². The number of nitrogens with one attached hydrogen (secondary N) is 1. The predicted molar refractivity (Wildman–Crippen MR) is 73.0 cm³/mol. The fourth-order valence-electron chi connectivity index (χ4n) is 2.45. The molecule has 0 unspecified atom stereocenters. The molecule has 1 N–H and O–H groups in total. The first kappa shape index (κ1) is 12.8. The second kappa shape index (κ2) is 5.04. The highest BCUT2D eigenvalue weighted by Crippen LogP contribution is 2.25. The molecule has 0 saturated heterocycles. The molecular formula is C16H13F2NO. The molecular weight excluding hydrogens is 260 g/mol. The molecule has 0 spiro atoms. The first-order chi connectivity index (χ1) is 9.66. The molecule has 2 aromatic rings. The molecule has 0 aromatic heterocycles. The number of rotatable bonds is 2. The highest BCUT2D eigenvalue weighted by atomic mass is 19.2. The van der Waals surface area contributed by atoms with Crippen molar-refractivity contribution in [3.63, 3.8) is 0 Å². The van der Waals surface area contributed by atoms with Crippen LogP contribution >= 0.6 is 0 Å². The van der Waals surface area contributed by atoms with E-state index in [1.54, 1.807) is 12.1 Å². The van der Waals surface area contributed by atoms with E-state index in [0.717, 1.165) is 36.7 Å². The number of fused-ring (bicyclic) bond motifs is 1. The van der Waals surface area contributed by atoms with Gasteiger partial charge < -0.3 is 5.32 Å². The van der Waals surface area contributed by atoms with Crippen LogP contribution in [0.15, 0.2) is 36.4 Å². The average molecular weight is 273 g/mol. The largest absolute Gasteiger partial charge is 0.385 e. The fraction of sp³-hybridized carbons (Fsp3) is 0.188. The maximum Gasteiger partial charge on any atom is 0.196 e. The summed E-state index contributed by atoms with van der Waals surface area (Å²) in [4.78, 5) is 12.3. The molecule has 0 amide bonds. The van der Waals surface area contributed by atoms with Gasteiger partial charge in [-0.1, -0.05) is 6.07 Å². The topological polar surface area (TPSA) is 29.1 Å². The molecule has 1 aliphatic heterocycles. The Bertz CT molecular complexity index is 682. The molecule has 1 aliphatic rings. The number of ketones is 1. The molecule has 0 atom stereocenters. The van der Waals surface area contributed by atoms with Crippen LogP contribution in [0.1, 0.15) is 27.9 Å². The van der Waals surface area contributed by atoms with Crippen molar-refractivity contribution >= 4 is 11.5 Å². The Morgan fingerprint density at radius 2 is 2.00 bits per heavy atom. The number of aryl methyl sites for hydroxylation is 1. The summed E-state index contributed by atoms with van der Waals surface area (Å²) in [5.74, 6) is -2.58. The van der Waals surface area contributed by atoms with Gasteiger partial charge in [0.1, 0.15) is 0 Å². The molecule has 4 heteroatoms. The van der Waals surface area contributed by atoms with Crippen molar-refractivity contribution in [3.05, 3.63) is 64.7 Å². The summed E-state index contributed by atoms with van der Waals surface area (Å²) in [6.07, 6.45) is 1.88. The Morgan fingerprint density at radius 3 is 2.85 bits per heavy atom. The zero-order valence-corrected chi connectivity index (χ0v) is 10.7. The molecule has 20 heavy (non-hydrogen) atoms. The third-order valence-electron chi connectivity index (χ3n) is 3.50. The number of carbonyl (C=O) groups excluding carboxylic acids is 1. The minimum absolute atomic E-state index is 0.228. The Kier molecular flexibility index (Phi) is 3.22. The summed E-state index contributed by atoms with van der Waals surface area (Å²) in [5, 5.41) is 3.24. The van der Waals surface area contributed by atoms with E-state index in [4.69, 9.17) is 0 Å². The van der Waals surface area contributed by atoms with Crippen molar-refractivity contribution in [1.29, 1.82) is 0 Å².